The molecular formula is C6H10Cl2. The molecule has 0 saturated heterocycles. The Morgan fingerprint density at radius 2 is 2.25 bits per heavy atom. The summed E-state index contributed by atoms with van der Waals surface area (Å²) < 4.78 is 0. The average Bonchev–Trinajstić information content (AvgIpc) is 1.67. The summed E-state index contributed by atoms with van der Waals surface area (Å²) in [6.45, 7) is 3.89. The van der Waals surface area contributed by atoms with Crippen LogP contribution < -0.4 is 0 Å². The lowest BCUT2D eigenvalue weighted by Gasteiger charge is -1.96. The van der Waals surface area contributed by atoms with E-state index in [1.165, 1.54) is 0 Å². The van der Waals surface area contributed by atoms with Crippen molar-refractivity contribution in [1.29, 1.82) is 0 Å². The van der Waals surface area contributed by atoms with Gasteiger partial charge in [0.1, 0.15) is 0 Å². The maximum atomic E-state index is 5.65. The molecule has 0 aromatic heterocycles. The third-order valence-electron chi connectivity index (χ3n) is 0.779. The van der Waals surface area contributed by atoms with E-state index < -0.39 is 0 Å². The monoisotopic (exact) mass is 152 g/mol. The van der Waals surface area contributed by atoms with Crippen molar-refractivity contribution >= 4 is 23.2 Å². The molecule has 1 unspecified atom stereocenters. The van der Waals surface area contributed by atoms with E-state index in [4.69, 9.17) is 23.2 Å². The molecule has 2 heteroatoms. The largest absolute Gasteiger partial charge is 0.117 e. The van der Waals surface area contributed by atoms with E-state index in [0.717, 1.165) is 11.5 Å². The Bertz CT molecular complexity index is 84.5. The van der Waals surface area contributed by atoms with Crippen LogP contribution >= 0.6 is 23.2 Å². The van der Waals surface area contributed by atoms with Crippen molar-refractivity contribution in [2.75, 3.05) is 0 Å². The van der Waals surface area contributed by atoms with Crippen molar-refractivity contribution in [3.8, 4) is 0 Å². The fourth-order valence-electron chi connectivity index (χ4n) is 0.357. The first-order valence-electron chi connectivity index (χ1n) is 2.68. The van der Waals surface area contributed by atoms with Gasteiger partial charge in [-0.1, -0.05) is 24.6 Å². The van der Waals surface area contributed by atoms with Gasteiger partial charge in [0.25, 0.3) is 0 Å². The van der Waals surface area contributed by atoms with Crippen LogP contribution in [0.1, 0.15) is 20.3 Å². The minimum Gasteiger partial charge on any atom is -0.117 e. The molecule has 48 valence electrons. The highest BCUT2D eigenvalue weighted by Gasteiger charge is 1.97. The second-order valence-corrected chi connectivity index (χ2v) is 2.70. The summed E-state index contributed by atoms with van der Waals surface area (Å²) in [4.78, 5) is 0. The predicted octanol–water partition coefficient (Wildman–Crippen LogP) is 3.15. The fraction of sp³-hybridized carbons (Fsp3) is 0.667. The summed E-state index contributed by atoms with van der Waals surface area (Å²) in [5.41, 5.74) is 0. The van der Waals surface area contributed by atoms with E-state index in [9.17, 15) is 0 Å². The van der Waals surface area contributed by atoms with Crippen molar-refractivity contribution in [2.45, 2.75) is 25.6 Å². The molecule has 0 amide bonds. The van der Waals surface area contributed by atoms with Gasteiger partial charge in [-0.25, -0.2) is 0 Å². The Hall–Kier alpha value is 0.320. The van der Waals surface area contributed by atoms with Crippen molar-refractivity contribution in [3.63, 3.8) is 0 Å². The molecule has 0 rings (SSSR count). The van der Waals surface area contributed by atoms with E-state index in [-0.39, 0.29) is 5.38 Å². The Morgan fingerprint density at radius 3 is 2.38 bits per heavy atom. The highest BCUT2D eigenvalue weighted by molar-refractivity contribution is 6.37. The Labute approximate surface area is 60.5 Å². The number of halogens is 2. The number of rotatable bonds is 2. The first kappa shape index (κ1) is 8.32. The van der Waals surface area contributed by atoms with E-state index in [1.54, 1.807) is 0 Å². The van der Waals surface area contributed by atoms with Crippen molar-refractivity contribution in [2.24, 2.45) is 0 Å². The van der Waals surface area contributed by atoms with E-state index >= 15 is 0 Å². The highest BCUT2D eigenvalue weighted by Crippen LogP contribution is 2.13. The smallest absolute Gasteiger partial charge is 0.0660 e. The van der Waals surface area contributed by atoms with Gasteiger partial charge in [0, 0.05) is 5.03 Å². The van der Waals surface area contributed by atoms with Crippen LogP contribution in [-0.4, -0.2) is 5.38 Å². The Morgan fingerprint density at radius 1 is 1.75 bits per heavy atom. The maximum Gasteiger partial charge on any atom is 0.0660 e. The van der Waals surface area contributed by atoms with Crippen LogP contribution in [0.15, 0.2) is 11.1 Å². The first-order valence-corrected chi connectivity index (χ1v) is 3.49. The molecule has 0 radical (unpaired) electrons. The van der Waals surface area contributed by atoms with Gasteiger partial charge in [-0.3, -0.25) is 0 Å². The second-order valence-electron chi connectivity index (χ2n) is 1.61. The third kappa shape index (κ3) is 3.34. The van der Waals surface area contributed by atoms with Gasteiger partial charge in [-0.05, 0) is 13.3 Å². The maximum absolute atomic E-state index is 5.65. The molecule has 0 aliphatic heterocycles. The lowest BCUT2D eigenvalue weighted by molar-refractivity contribution is 1.14. The summed E-state index contributed by atoms with van der Waals surface area (Å²) in [7, 11) is 0. The predicted molar refractivity (Wildman–Crippen MR) is 39.5 cm³/mol. The van der Waals surface area contributed by atoms with Crippen LogP contribution in [0.2, 0.25) is 0 Å². The van der Waals surface area contributed by atoms with E-state index in [1.807, 2.05) is 19.9 Å². The zero-order valence-corrected chi connectivity index (χ0v) is 6.63. The second kappa shape index (κ2) is 4.22. The van der Waals surface area contributed by atoms with Gasteiger partial charge in [0.05, 0.1) is 5.38 Å². The quantitative estimate of drug-likeness (QED) is 0.534. The van der Waals surface area contributed by atoms with Gasteiger partial charge in [0.2, 0.25) is 0 Å². The SMILES string of the molecule is CC/C=C(\Cl)C(C)Cl. The zero-order valence-electron chi connectivity index (χ0n) is 5.12. The fourth-order valence-corrected chi connectivity index (χ4v) is 0.601. The van der Waals surface area contributed by atoms with Crippen LogP contribution in [-0.2, 0) is 0 Å². The summed E-state index contributed by atoms with van der Waals surface area (Å²) in [5, 5.41) is 0.714. The van der Waals surface area contributed by atoms with Crippen LogP contribution in [0.25, 0.3) is 0 Å². The molecule has 1 atom stereocenters. The molecule has 0 spiro atoms. The lowest BCUT2D eigenvalue weighted by atomic mass is 10.3. The number of alkyl halides is 1. The van der Waals surface area contributed by atoms with Gasteiger partial charge < -0.3 is 0 Å². The molecule has 0 saturated carbocycles. The number of hydrogen-bond donors (Lipinski definition) is 0. The molecule has 8 heavy (non-hydrogen) atoms. The van der Waals surface area contributed by atoms with Crippen LogP contribution in [0, 0.1) is 0 Å². The van der Waals surface area contributed by atoms with Gasteiger partial charge in [0.15, 0.2) is 0 Å². The van der Waals surface area contributed by atoms with Crippen LogP contribution in [0.5, 0.6) is 0 Å². The number of hydrogen-bond acceptors (Lipinski definition) is 0. The standard InChI is InChI=1S/C6H10Cl2/c1-3-4-6(8)5(2)7/h4-5H,3H2,1-2H3/b6-4-. The minimum absolute atomic E-state index is 0.0309. The first-order chi connectivity index (χ1) is 3.68. The third-order valence-corrected chi connectivity index (χ3v) is 1.61. The summed E-state index contributed by atoms with van der Waals surface area (Å²) in [6, 6.07) is 0. The van der Waals surface area contributed by atoms with Crippen molar-refractivity contribution < 1.29 is 0 Å². The Balaban J connectivity index is 3.61. The van der Waals surface area contributed by atoms with E-state index in [2.05, 4.69) is 0 Å². The summed E-state index contributed by atoms with van der Waals surface area (Å²) >= 11 is 11.3. The lowest BCUT2D eigenvalue weighted by Crippen LogP contribution is -1.87. The molecule has 0 nitrogen and oxygen atoms in total. The molecular weight excluding hydrogens is 143 g/mol. The van der Waals surface area contributed by atoms with Crippen LogP contribution in [0.4, 0.5) is 0 Å². The van der Waals surface area contributed by atoms with Crippen molar-refractivity contribution in [1.82, 2.24) is 0 Å². The molecule has 0 fully saturated rings. The Kier molecular flexibility index (Phi) is 4.39. The minimum atomic E-state index is -0.0309. The summed E-state index contributed by atoms with van der Waals surface area (Å²) in [6.07, 6.45) is 2.87. The zero-order chi connectivity index (χ0) is 6.57. The average molecular weight is 153 g/mol. The van der Waals surface area contributed by atoms with Gasteiger partial charge >= 0.3 is 0 Å². The molecule has 0 aromatic rings. The normalized spacial score (nSPS) is 16.2. The van der Waals surface area contributed by atoms with Gasteiger partial charge in [-0.2, -0.15) is 0 Å². The topological polar surface area (TPSA) is 0 Å². The van der Waals surface area contributed by atoms with Gasteiger partial charge in [-0.15, -0.1) is 11.6 Å². The molecule has 0 aliphatic carbocycles. The van der Waals surface area contributed by atoms with Crippen LogP contribution in [0.3, 0.4) is 0 Å². The molecule has 0 aromatic carbocycles. The molecule has 0 heterocycles. The molecule has 0 aliphatic rings. The molecule has 0 N–H and O–H groups in total. The van der Waals surface area contributed by atoms with E-state index in [0.29, 0.717) is 0 Å². The number of allylic oxidation sites excluding steroid dienone is 2. The molecule has 0 bridgehead atoms. The summed E-state index contributed by atoms with van der Waals surface area (Å²) in [5.74, 6) is 0. The highest BCUT2D eigenvalue weighted by atomic mass is 35.5. The van der Waals surface area contributed by atoms with Crippen molar-refractivity contribution in [3.05, 3.63) is 11.1 Å².